The summed E-state index contributed by atoms with van der Waals surface area (Å²) in [6, 6.07) is 12.1. The topological polar surface area (TPSA) is 75.3 Å². The van der Waals surface area contributed by atoms with E-state index < -0.39 is 10.0 Å². The fraction of sp³-hybridized carbons (Fsp3) is 0.316. The number of rotatable bonds is 7. The van der Waals surface area contributed by atoms with Crippen molar-refractivity contribution >= 4 is 33.4 Å². The van der Waals surface area contributed by atoms with Crippen LogP contribution in [0.1, 0.15) is 25.0 Å². The summed E-state index contributed by atoms with van der Waals surface area (Å²) >= 11 is 1.48. The van der Waals surface area contributed by atoms with Crippen LogP contribution in [0.2, 0.25) is 0 Å². The fourth-order valence-electron chi connectivity index (χ4n) is 2.40. The van der Waals surface area contributed by atoms with Crippen LogP contribution in [0.3, 0.4) is 0 Å². The summed E-state index contributed by atoms with van der Waals surface area (Å²) in [6.45, 7) is 7.59. The van der Waals surface area contributed by atoms with Crippen LogP contribution in [0.25, 0.3) is 0 Å². The SMILES string of the molecule is Cc1ccc(SCC(=O)Nc2ccc(S(=O)(=O)NC(C)C)cc2)c(C)c1. The third-order valence-corrected chi connectivity index (χ3v) is 6.38. The maximum Gasteiger partial charge on any atom is 0.240 e. The lowest BCUT2D eigenvalue weighted by atomic mass is 10.2. The smallest absolute Gasteiger partial charge is 0.240 e. The van der Waals surface area contributed by atoms with Gasteiger partial charge in [0.05, 0.1) is 10.6 Å². The number of anilines is 1. The van der Waals surface area contributed by atoms with E-state index in [0.717, 1.165) is 10.5 Å². The van der Waals surface area contributed by atoms with Gasteiger partial charge in [0.1, 0.15) is 0 Å². The summed E-state index contributed by atoms with van der Waals surface area (Å²) in [7, 11) is -3.53. The summed E-state index contributed by atoms with van der Waals surface area (Å²) in [5.41, 5.74) is 2.91. The monoisotopic (exact) mass is 392 g/mol. The summed E-state index contributed by atoms with van der Waals surface area (Å²) in [4.78, 5) is 13.4. The van der Waals surface area contributed by atoms with Crippen LogP contribution in [0.4, 0.5) is 5.69 Å². The molecule has 140 valence electrons. The molecule has 2 rings (SSSR count). The zero-order chi connectivity index (χ0) is 19.3. The molecule has 7 heteroatoms. The molecule has 2 aromatic carbocycles. The Morgan fingerprint density at radius 1 is 1.08 bits per heavy atom. The molecule has 0 unspecified atom stereocenters. The standard InChI is InChI=1S/C19H24N2O3S2/c1-13(2)21-26(23,24)17-8-6-16(7-9-17)20-19(22)12-25-18-10-5-14(3)11-15(18)4/h5-11,13,21H,12H2,1-4H3,(H,20,22). The van der Waals surface area contributed by atoms with Crippen molar-refractivity contribution in [3.63, 3.8) is 0 Å². The van der Waals surface area contributed by atoms with Crippen LogP contribution in [-0.4, -0.2) is 26.1 Å². The zero-order valence-electron chi connectivity index (χ0n) is 15.4. The maximum atomic E-state index is 12.1. The van der Waals surface area contributed by atoms with Gasteiger partial charge < -0.3 is 5.32 Å². The lowest BCUT2D eigenvalue weighted by Gasteiger charge is -2.11. The zero-order valence-corrected chi connectivity index (χ0v) is 17.0. The molecule has 0 fully saturated rings. The molecule has 2 aromatic rings. The van der Waals surface area contributed by atoms with E-state index in [1.165, 1.54) is 29.5 Å². The van der Waals surface area contributed by atoms with Crippen LogP contribution >= 0.6 is 11.8 Å². The van der Waals surface area contributed by atoms with Crippen molar-refractivity contribution in [1.29, 1.82) is 0 Å². The highest BCUT2D eigenvalue weighted by Gasteiger charge is 2.15. The Labute approximate surface area is 159 Å². The van der Waals surface area contributed by atoms with E-state index in [1.54, 1.807) is 26.0 Å². The van der Waals surface area contributed by atoms with Gasteiger partial charge in [0.25, 0.3) is 0 Å². The Hall–Kier alpha value is -1.83. The molecule has 0 heterocycles. The highest BCUT2D eigenvalue weighted by molar-refractivity contribution is 8.00. The average molecular weight is 393 g/mol. The number of thioether (sulfide) groups is 1. The first-order valence-electron chi connectivity index (χ1n) is 8.29. The molecule has 2 N–H and O–H groups in total. The second-order valence-corrected chi connectivity index (χ2v) is 9.14. The maximum absolute atomic E-state index is 12.1. The minimum Gasteiger partial charge on any atom is -0.325 e. The minimum absolute atomic E-state index is 0.133. The van der Waals surface area contributed by atoms with Gasteiger partial charge in [-0.15, -0.1) is 11.8 Å². The molecule has 0 aliphatic carbocycles. The Morgan fingerprint density at radius 2 is 1.73 bits per heavy atom. The predicted octanol–water partition coefficient (Wildman–Crippen LogP) is 3.72. The Kier molecular flexibility index (Phi) is 6.86. The number of aryl methyl sites for hydroxylation is 2. The Bertz CT molecular complexity index is 876. The number of benzene rings is 2. The summed E-state index contributed by atoms with van der Waals surface area (Å²) in [6.07, 6.45) is 0. The molecule has 0 aliphatic heterocycles. The van der Waals surface area contributed by atoms with Gasteiger partial charge in [-0.25, -0.2) is 13.1 Å². The molecular formula is C19H24N2O3S2. The molecule has 0 aromatic heterocycles. The third kappa shape index (κ3) is 5.86. The van der Waals surface area contributed by atoms with Crippen molar-refractivity contribution in [3.05, 3.63) is 53.6 Å². The van der Waals surface area contributed by atoms with Gasteiger partial charge in [0.15, 0.2) is 0 Å². The van der Waals surface area contributed by atoms with E-state index in [-0.39, 0.29) is 16.8 Å². The van der Waals surface area contributed by atoms with Gasteiger partial charge in [-0.3, -0.25) is 4.79 Å². The molecule has 0 saturated heterocycles. The second-order valence-electron chi connectivity index (χ2n) is 6.41. The number of hydrogen-bond acceptors (Lipinski definition) is 4. The average Bonchev–Trinajstić information content (AvgIpc) is 2.53. The van der Waals surface area contributed by atoms with Crippen molar-refractivity contribution in [1.82, 2.24) is 4.72 Å². The van der Waals surface area contributed by atoms with Gasteiger partial charge in [-0.2, -0.15) is 0 Å². The molecule has 0 atom stereocenters. The normalized spacial score (nSPS) is 11.6. The third-order valence-electron chi connectivity index (χ3n) is 3.53. The molecule has 0 saturated carbocycles. The molecule has 0 spiro atoms. The minimum atomic E-state index is -3.53. The first-order valence-corrected chi connectivity index (χ1v) is 10.8. The summed E-state index contributed by atoms with van der Waals surface area (Å²) < 4.78 is 26.7. The summed E-state index contributed by atoms with van der Waals surface area (Å²) in [5.74, 6) is 0.157. The fourth-order valence-corrected chi connectivity index (χ4v) is 4.46. The molecule has 1 amide bonds. The number of sulfonamides is 1. The van der Waals surface area contributed by atoms with E-state index in [1.807, 2.05) is 26.0 Å². The molecule has 26 heavy (non-hydrogen) atoms. The van der Waals surface area contributed by atoms with Crippen molar-refractivity contribution in [2.24, 2.45) is 0 Å². The van der Waals surface area contributed by atoms with Crippen LogP contribution in [0.15, 0.2) is 52.3 Å². The van der Waals surface area contributed by atoms with E-state index >= 15 is 0 Å². The number of hydrogen-bond donors (Lipinski definition) is 2. The first kappa shape index (κ1) is 20.5. The molecule has 0 bridgehead atoms. The number of amides is 1. The lowest BCUT2D eigenvalue weighted by Crippen LogP contribution is -2.30. The van der Waals surface area contributed by atoms with Crippen LogP contribution in [0, 0.1) is 13.8 Å². The molecule has 0 aliphatic rings. The van der Waals surface area contributed by atoms with Gasteiger partial charge in [-0.05, 0) is 63.6 Å². The van der Waals surface area contributed by atoms with Crippen molar-refractivity contribution < 1.29 is 13.2 Å². The first-order chi connectivity index (χ1) is 12.2. The molecule has 0 radical (unpaired) electrons. The van der Waals surface area contributed by atoms with E-state index in [0.29, 0.717) is 11.4 Å². The van der Waals surface area contributed by atoms with Crippen LogP contribution in [0.5, 0.6) is 0 Å². The number of carbonyl (C=O) groups excluding carboxylic acids is 1. The largest absolute Gasteiger partial charge is 0.325 e. The Balaban J connectivity index is 1.95. The number of carbonyl (C=O) groups is 1. The predicted molar refractivity (Wildman–Crippen MR) is 107 cm³/mol. The second kappa shape index (κ2) is 8.70. The lowest BCUT2D eigenvalue weighted by molar-refractivity contribution is -0.113. The van der Waals surface area contributed by atoms with Gasteiger partial charge in [0.2, 0.25) is 15.9 Å². The van der Waals surface area contributed by atoms with Crippen LogP contribution < -0.4 is 10.0 Å². The van der Waals surface area contributed by atoms with Gasteiger partial charge in [0, 0.05) is 16.6 Å². The number of nitrogens with one attached hydrogen (secondary N) is 2. The molecule has 5 nitrogen and oxygen atoms in total. The highest BCUT2D eigenvalue weighted by Crippen LogP contribution is 2.23. The quantitative estimate of drug-likeness (QED) is 0.704. The van der Waals surface area contributed by atoms with E-state index in [9.17, 15) is 13.2 Å². The Morgan fingerprint density at radius 3 is 2.31 bits per heavy atom. The van der Waals surface area contributed by atoms with Crippen molar-refractivity contribution in [2.45, 2.75) is 43.5 Å². The van der Waals surface area contributed by atoms with Crippen molar-refractivity contribution in [3.8, 4) is 0 Å². The van der Waals surface area contributed by atoms with Crippen molar-refractivity contribution in [2.75, 3.05) is 11.1 Å². The van der Waals surface area contributed by atoms with Gasteiger partial charge >= 0.3 is 0 Å². The highest BCUT2D eigenvalue weighted by atomic mass is 32.2. The van der Waals surface area contributed by atoms with Crippen LogP contribution in [-0.2, 0) is 14.8 Å². The van der Waals surface area contributed by atoms with Gasteiger partial charge in [-0.1, -0.05) is 17.7 Å². The van der Waals surface area contributed by atoms with E-state index in [2.05, 4.69) is 16.1 Å². The summed E-state index contributed by atoms with van der Waals surface area (Å²) in [5, 5.41) is 2.79. The van der Waals surface area contributed by atoms with E-state index in [4.69, 9.17) is 0 Å². The molecular weight excluding hydrogens is 368 g/mol.